The summed E-state index contributed by atoms with van der Waals surface area (Å²) in [6.45, 7) is 0. The van der Waals surface area contributed by atoms with Crippen LogP contribution in [0.4, 0.5) is 10.1 Å². The molecule has 0 saturated heterocycles. The van der Waals surface area contributed by atoms with Gasteiger partial charge in [0.15, 0.2) is 0 Å². The topological polar surface area (TPSA) is 46.6 Å². The molecule has 0 atom stereocenters. The molecule has 24 heavy (non-hydrogen) atoms. The van der Waals surface area contributed by atoms with Gasteiger partial charge in [-0.15, -0.1) is 0 Å². The molecule has 2 aromatic carbocycles. The van der Waals surface area contributed by atoms with E-state index in [-0.39, 0.29) is 11.0 Å². The molecule has 3 rings (SSSR count). The van der Waals surface area contributed by atoms with Crippen LogP contribution in [0.25, 0.3) is 0 Å². The molecule has 1 fully saturated rings. The maximum atomic E-state index is 13.0. The molecule has 4 nitrogen and oxygen atoms in total. The highest BCUT2D eigenvalue weighted by Crippen LogP contribution is 2.27. The van der Waals surface area contributed by atoms with Crippen LogP contribution in [0.2, 0.25) is 0 Å². The van der Waals surface area contributed by atoms with Crippen molar-refractivity contribution in [3.63, 3.8) is 0 Å². The SMILES string of the molecule is CN(c1ccc(OC2CCCC2)cc1)S(=O)(=O)c1ccc(F)cc1. The number of benzene rings is 2. The largest absolute Gasteiger partial charge is 0.490 e. The van der Waals surface area contributed by atoms with Gasteiger partial charge in [0.05, 0.1) is 16.7 Å². The summed E-state index contributed by atoms with van der Waals surface area (Å²) >= 11 is 0. The Labute approximate surface area is 141 Å². The molecule has 0 radical (unpaired) electrons. The van der Waals surface area contributed by atoms with Gasteiger partial charge in [0.2, 0.25) is 0 Å². The van der Waals surface area contributed by atoms with Crippen LogP contribution in [0.15, 0.2) is 53.4 Å². The van der Waals surface area contributed by atoms with Gasteiger partial charge >= 0.3 is 0 Å². The number of anilines is 1. The van der Waals surface area contributed by atoms with Gasteiger partial charge in [-0.3, -0.25) is 4.31 Å². The third-order valence-electron chi connectivity index (χ3n) is 4.28. The van der Waals surface area contributed by atoms with Crippen molar-refractivity contribution in [1.29, 1.82) is 0 Å². The van der Waals surface area contributed by atoms with Gasteiger partial charge in [-0.25, -0.2) is 12.8 Å². The Balaban J connectivity index is 1.76. The Morgan fingerprint density at radius 2 is 1.58 bits per heavy atom. The highest BCUT2D eigenvalue weighted by Gasteiger charge is 2.22. The number of hydrogen-bond donors (Lipinski definition) is 0. The van der Waals surface area contributed by atoms with Crippen molar-refractivity contribution >= 4 is 15.7 Å². The van der Waals surface area contributed by atoms with E-state index in [2.05, 4.69) is 0 Å². The molecule has 0 amide bonds. The molecule has 0 bridgehead atoms. The van der Waals surface area contributed by atoms with Crippen LogP contribution in [0.1, 0.15) is 25.7 Å². The van der Waals surface area contributed by atoms with Gasteiger partial charge < -0.3 is 4.74 Å². The van der Waals surface area contributed by atoms with Crippen molar-refractivity contribution in [3.8, 4) is 5.75 Å². The first-order valence-corrected chi connectivity index (χ1v) is 9.42. The second-order valence-electron chi connectivity index (χ2n) is 5.94. The van der Waals surface area contributed by atoms with Crippen molar-refractivity contribution in [3.05, 3.63) is 54.3 Å². The lowest BCUT2D eigenvalue weighted by atomic mass is 10.3. The standard InChI is InChI=1S/C18H20FNO3S/c1-20(24(21,22)18-12-6-14(19)7-13-18)15-8-10-17(11-9-15)23-16-4-2-3-5-16/h6-13,16H,2-5H2,1H3. The lowest BCUT2D eigenvalue weighted by Crippen LogP contribution is -2.26. The van der Waals surface area contributed by atoms with E-state index >= 15 is 0 Å². The maximum absolute atomic E-state index is 13.0. The first-order chi connectivity index (χ1) is 11.5. The first kappa shape index (κ1) is 16.8. The van der Waals surface area contributed by atoms with E-state index in [9.17, 15) is 12.8 Å². The van der Waals surface area contributed by atoms with Crippen molar-refractivity contribution < 1.29 is 17.5 Å². The summed E-state index contributed by atoms with van der Waals surface area (Å²) in [4.78, 5) is 0.0534. The number of ether oxygens (including phenoxy) is 1. The van der Waals surface area contributed by atoms with Crippen molar-refractivity contribution in [2.45, 2.75) is 36.7 Å². The normalized spacial score (nSPS) is 15.4. The molecular formula is C18H20FNO3S. The van der Waals surface area contributed by atoms with Crippen LogP contribution in [-0.2, 0) is 10.0 Å². The van der Waals surface area contributed by atoms with E-state index in [0.717, 1.165) is 30.7 Å². The summed E-state index contributed by atoms with van der Waals surface area (Å²) in [5.41, 5.74) is 0.526. The molecule has 0 spiro atoms. The Morgan fingerprint density at radius 3 is 2.17 bits per heavy atom. The highest BCUT2D eigenvalue weighted by molar-refractivity contribution is 7.92. The Hall–Kier alpha value is -2.08. The van der Waals surface area contributed by atoms with E-state index in [1.54, 1.807) is 24.3 Å². The molecule has 1 aliphatic carbocycles. The van der Waals surface area contributed by atoms with E-state index in [1.807, 2.05) is 0 Å². The summed E-state index contributed by atoms with van der Waals surface area (Å²) < 4.78 is 45.2. The third kappa shape index (κ3) is 3.53. The number of hydrogen-bond acceptors (Lipinski definition) is 3. The molecule has 128 valence electrons. The van der Waals surface area contributed by atoms with Gasteiger partial charge in [0.1, 0.15) is 11.6 Å². The number of sulfonamides is 1. The smallest absolute Gasteiger partial charge is 0.264 e. The molecule has 1 aliphatic rings. The van der Waals surface area contributed by atoms with E-state index < -0.39 is 15.8 Å². The summed E-state index contributed by atoms with van der Waals surface area (Å²) in [5, 5.41) is 0. The van der Waals surface area contributed by atoms with Crippen molar-refractivity contribution in [1.82, 2.24) is 0 Å². The van der Waals surface area contributed by atoms with Gasteiger partial charge in [-0.05, 0) is 74.2 Å². The predicted molar refractivity (Wildman–Crippen MR) is 91.3 cm³/mol. The second kappa shape index (κ2) is 6.81. The molecule has 6 heteroatoms. The molecule has 2 aromatic rings. The van der Waals surface area contributed by atoms with Crippen LogP contribution in [0.3, 0.4) is 0 Å². The summed E-state index contributed by atoms with van der Waals surface area (Å²) in [6, 6.07) is 11.8. The Bertz CT molecular complexity index is 782. The first-order valence-electron chi connectivity index (χ1n) is 7.98. The van der Waals surface area contributed by atoms with Crippen LogP contribution < -0.4 is 9.04 Å². The van der Waals surface area contributed by atoms with Crippen LogP contribution >= 0.6 is 0 Å². The zero-order chi connectivity index (χ0) is 17.2. The Kier molecular flexibility index (Phi) is 4.76. The zero-order valence-corrected chi connectivity index (χ0v) is 14.3. The predicted octanol–water partition coefficient (Wildman–Crippen LogP) is 3.97. The fourth-order valence-corrected chi connectivity index (χ4v) is 4.03. The van der Waals surface area contributed by atoms with E-state index in [1.165, 1.54) is 36.3 Å². The quantitative estimate of drug-likeness (QED) is 0.820. The van der Waals surface area contributed by atoms with Crippen LogP contribution in [-0.4, -0.2) is 21.6 Å². The lowest BCUT2D eigenvalue weighted by molar-refractivity contribution is 0.210. The summed E-state index contributed by atoms with van der Waals surface area (Å²) in [7, 11) is -2.24. The second-order valence-corrected chi connectivity index (χ2v) is 7.91. The third-order valence-corrected chi connectivity index (χ3v) is 6.08. The van der Waals surface area contributed by atoms with Crippen LogP contribution in [0, 0.1) is 5.82 Å². The zero-order valence-electron chi connectivity index (χ0n) is 13.5. The molecule has 0 N–H and O–H groups in total. The van der Waals surface area contributed by atoms with E-state index in [4.69, 9.17) is 4.74 Å². The van der Waals surface area contributed by atoms with Crippen LogP contribution in [0.5, 0.6) is 5.75 Å². The Morgan fingerprint density at radius 1 is 1.00 bits per heavy atom. The highest BCUT2D eigenvalue weighted by atomic mass is 32.2. The molecule has 0 unspecified atom stereocenters. The summed E-state index contributed by atoms with van der Waals surface area (Å²) in [6.07, 6.45) is 4.79. The molecule has 0 aromatic heterocycles. The van der Waals surface area contributed by atoms with Gasteiger partial charge in [0, 0.05) is 7.05 Å². The minimum atomic E-state index is -3.72. The number of rotatable bonds is 5. The number of nitrogens with zero attached hydrogens (tertiary/aromatic N) is 1. The molecule has 0 heterocycles. The minimum Gasteiger partial charge on any atom is -0.490 e. The maximum Gasteiger partial charge on any atom is 0.264 e. The average molecular weight is 349 g/mol. The summed E-state index contributed by atoms with van der Waals surface area (Å²) in [5.74, 6) is 0.281. The fraction of sp³-hybridized carbons (Fsp3) is 0.333. The van der Waals surface area contributed by atoms with Crippen molar-refractivity contribution in [2.24, 2.45) is 0 Å². The lowest BCUT2D eigenvalue weighted by Gasteiger charge is -2.20. The van der Waals surface area contributed by atoms with Crippen molar-refractivity contribution in [2.75, 3.05) is 11.4 Å². The van der Waals surface area contributed by atoms with Gasteiger partial charge in [-0.2, -0.15) is 0 Å². The fourth-order valence-electron chi connectivity index (χ4n) is 2.84. The molecule has 1 saturated carbocycles. The molecular weight excluding hydrogens is 329 g/mol. The number of halogens is 1. The molecule has 0 aliphatic heterocycles. The van der Waals surface area contributed by atoms with E-state index in [0.29, 0.717) is 5.69 Å². The van der Waals surface area contributed by atoms with Gasteiger partial charge in [0.25, 0.3) is 10.0 Å². The average Bonchev–Trinajstić information content (AvgIpc) is 3.08. The minimum absolute atomic E-state index is 0.0534. The monoisotopic (exact) mass is 349 g/mol. The van der Waals surface area contributed by atoms with Gasteiger partial charge in [-0.1, -0.05) is 0 Å².